The molecule has 1 aromatic heterocycles. The molecule has 0 saturated heterocycles. The van der Waals surface area contributed by atoms with Crippen molar-refractivity contribution in [2.75, 3.05) is 31.7 Å². The summed E-state index contributed by atoms with van der Waals surface area (Å²) in [6.07, 6.45) is 10.8. The number of sulfone groups is 1. The third-order valence-corrected chi connectivity index (χ3v) is 13.5. The first-order chi connectivity index (χ1) is 22.7. The lowest BCUT2D eigenvalue weighted by Gasteiger charge is -2.48. The van der Waals surface area contributed by atoms with Crippen LogP contribution in [0.4, 0.5) is 5.69 Å². The first-order valence-electron chi connectivity index (χ1n) is 16.8. The van der Waals surface area contributed by atoms with Crippen LogP contribution in [0.2, 0.25) is 5.02 Å². The van der Waals surface area contributed by atoms with Crippen LogP contribution < -0.4 is 9.64 Å². The normalized spacial score (nSPS) is 27.9. The van der Waals surface area contributed by atoms with E-state index in [4.69, 9.17) is 21.1 Å². The van der Waals surface area contributed by atoms with Gasteiger partial charge in [-0.2, -0.15) is 0 Å². The Hall–Kier alpha value is -3.21. The van der Waals surface area contributed by atoms with Gasteiger partial charge in [-0.15, -0.1) is 0 Å². The number of ether oxygens (including phenoxy) is 2. The molecule has 2 unspecified atom stereocenters. The monoisotopic (exact) mass is 679 g/mol. The van der Waals surface area contributed by atoms with Crippen LogP contribution in [0, 0.1) is 17.8 Å². The van der Waals surface area contributed by atoms with Crippen molar-refractivity contribution in [3.05, 3.63) is 76.6 Å². The molecule has 0 amide bonds. The lowest BCUT2D eigenvalue weighted by molar-refractivity contribution is -0.0589. The summed E-state index contributed by atoms with van der Waals surface area (Å²) in [6.45, 7) is 1.95. The highest BCUT2D eigenvalue weighted by atomic mass is 35.5. The highest BCUT2D eigenvalue weighted by Gasteiger charge is 2.47. The molecule has 250 valence electrons. The third kappa shape index (κ3) is 6.13. The number of anilines is 1. The smallest absolute Gasteiger partial charge is 0.335 e. The van der Waals surface area contributed by atoms with Gasteiger partial charge in [0, 0.05) is 43.0 Å². The number of hydrogen-bond acceptors (Lipinski definition) is 8. The molecule has 2 saturated carbocycles. The molecule has 2 heterocycles. The predicted molar refractivity (Wildman–Crippen MR) is 179 cm³/mol. The van der Waals surface area contributed by atoms with Crippen molar-refractivity contribution in [3.8, 4) is 5.75 Å². The van der Waals surface area contributed by atoms with Gasteiger partial charge < -0.3 is 19.5 Å². The number of hydrogen-bond donors (Lipinski definition) is 1. The summed E-state index contributed by atoms with van der Waals surface area (Å²) in [5.74, 6) is 0.426. The summed E-state index contributed by atoms with van der Waals surface area (Å²) in [7, 11) is -1.88. The van der Waals surface area contributed by atoms with Crippen molar-refractivity contribution in [2.45, 2.75) is 79.7 Å². The first-order valence-corrected chi connectivity index (χ1v) is 18.7. The molecule has 0 radical (unpaired) electrons. The number of carboxylic acids is 1. The number of fused-ring (bicyclic) bond motifs is 3. The molecule has 2 fully saturated rings. The van der Waals surface area contributed by atoms with Crippen LogP contribution >= 0.6 is 11.6 Å². The molecule has 11 heteroatoms. The number of aromatic nitrogens is 2. The zero-order valence-electron chi connectivity index (χ0n) is 26.7. The zero-order chi connectivity index (χ0) is 32.8. The molecule has 1 aliphatic heterocycles. The van der Waals surface area contributed by atoms with E-state index in [0.717, 1.165) is 62.2 Å². The number of benzene rings is 2. The number of aryl methyl sites for hydroxylation is 1. The Bertz CT molecular complexity index is 1740. The summed E-state index contributed by atoms with van der Waals surface area (Å²) in [4.78, 5) is 22.6. The molecule has 6 atom stereocenters. The van der Waals surface area contributed by atoms with Crippen molar-refractivity contribution >= 4 is 33.1 Å². The maximum Gasteiger partial charge on any atom is 0.335 e. The standard InChI is InChI=1S/C36H42ClN3O6S/c1-45-33(24-5-2-7-28(18-24)47(43,44)35-38-15-4-16-39-35)29-11-8-26(29)20-40-21-36(14-3-6-23-17-27(37)10-12-30(23)36)22-46-32-13-9-25(34(41)42)19-31(32)40/h4,9-10,12-13,15-17,19,24,26,28-29,33H,2-3,5-8,11,14,18,20-22H2,1H3,(H,41,42)/t24-,26+,28+,29-,33?,36?/m1/s1. The molecule has 4 aliphatic rings. The fourth-order valence-corrected chi connectivity index (χ4v) is 10.7. The fourth-order valence-electron chi connectivity index (χ4n) is 8.84. The number of halogens is 1. The van der Waals surface area contributed by atoms with Crippen LogP contribution in [0.5, 0.6) is 5.75 Å². The second kappa shape index (κ2) is 13.0. The van der Waals surface area contributed by atoms with Crippen molar-refractivity contribution < 1.29 is 27.8 Å². The van der Waals surface area contributed by atoms with Crippen molar-refractivity contribution in [1.82, 2.24) is 9.97 Å². The highest BCUT2D eigenvalue weighted by molar-refractivity contribution is 7.91. The quantitative estimate of drug-likeness (QED) is 0.271. The molecule has 9 nitrogen and oxygen atoms in total. The van der Waals surface area contributed by atoms with Gasteiger partial charge in [0.1, 0.15) is 5.75 Å². The second-order valence-corrected chi connectivity index (χ2v) is 16.5. The lowest BCUT2D eigenvalue weighted by Crippen LogP contribution is -2.51. The summed E-state index contributed by atoms with van der Waals surface area (Å²) in [5, 5.41) is 10.0. The molecule has 0 bridgehead atoms. The zero-order valence-corrected chi connectivity index (χ0v) is 28.3. The molecule has 47 heavy (non-hydrogen) atoms. The van der Waals surface area contributed by atoms with Gasteiger partial charge >= 0.3 is 5.97 Å². The van der Waals surface area contributed by atoms with Crippen molar-refractivity contribution in [1.29, 1.82) is 0 Å². The minimum atomic E-state index is -3.64. The van der Waals surface area contributed by atoms with Crippen LogP contribution in [0.1, 0.15) is 72.9 Å². The van der Waals surface area contributed by atoms with Gasteiger partial charge in [0.2, 0.25) is 15.0 Å². The first kappa shape index (κ1) is 32.3. The highest BCUT2D eigenvalue weighted by Crippen LogP contribution is 2.48. The Kier molecular flexibility index (Phi) is 8.95. The van der Waals surface area contributed by atoms with E-state index in [0.29, 0.717) is 37.7 Å². The van der Waals surface area contributed by atoms with E-state index in [9.17, 15) is 18.3 Å². The average molecular weight is 680 g/mol. The summed E-state index contributed by atoms with van der Waals surface area (Å²) in [6, 6.07) is 13.0. The number of methoxy groups -OCH3 is 1. The molecule has 3 aromatic rings. The van der Waals surface area contributed by atoms with Gasteiger partial charge in [0.15, 0.2) is 0 Å². The van der Waals surface area contributed by atoms with Crippen LogP contribution in [0.15, 0.2) is 60.0 Å². The van der Waals surface area contributed by atoms with Crippen molar-refractivity contribution in [2.24, 2.45) is 17.8 Å². The maximum atomic E-state index is 13.5. The summed E-state index contributed by atoms with van der Waals surface area (Å²) >= 11 is 6.42. The van der Waals surface area contributed by atoms with E-state index in [2.05, 4.69) is 27.0 Å². The molecule has 1 spiro atoms. The SMILES string of the molecule is COC([C@@H]1CCC[C@H](S(=O)(=O)c2ncccn2)C1)[C@@H]1CC[C@H]1CN1CC2(CCCc3cc(Cl)ccc32)COc2ccc(C(=O)O)cc21. The van der Waals surface area contributed by atoms with Gasteiger partial charge in [-0.25, -0.2) is 23.2 Å². The van der Waals surface area contributed by atoms with E-state index >= 15 is 0 Å². The molecule has 1 N–H and O–H groups in total. The summed E-state index contributed by atoms with van der Waals surface area (Å²) < 4.78 is 39.7. The summed E-state index contributed by atoms with van der Waals surface area (Å²) in [5.41, 5.74) is 3.31. The van der Waals surface area contributed by atoms with Crippen molar-refractivity contribution in [3.63, 3.8) is 0 Å². The minimum absolute atomic E-state index is 0.0667. The van der Waals surface area contributed by atoms with E-state index in [1.165, 1.54) is 23.5 Å². The number of carboxylic acid groups (broad SMARTS) is 1. The van der Waals surface area contributed by atoms with E-state index in [1.54, 1.807) is 31.4 Å². The Morgan fingerprint density at radius 3 is 2.70 bits per heavy atom. The van der Waals surface area contributed by atoms with E-state index in [-0.39, 0.29) is 34.1 Å². The van der Waals surface area contributed by atoms with Crippen LogP contribution in [-0.2, 0) is 26.4 Å². The van der Waals surface area contributed by atoms with E-state index in [1.807, 2.05) is 6.07 Å². The molecular formula is C36H42ClN3O6S. The number of rotatable bonds is 8. The Morgan fingerprint density at radius 2 is 1.96 bits per heavy atom. The number of aromatic carboxylic acids is 1. The molecule has 2 aromatic carbocycles. The van der Waals surface area contributed by atoms with Gasteiger partial charge in [-0.05, 0) is 117 Å². The molecule has 3 aliphatic carbocycles. The Balaban J connectivity index is 1.16. The second-order valence-electron chi connectivity index (χ2n) is 13.9. The Labute approximate surface area is 281 Å². The lowest BCUT2D eigenvalue weighted by atomic mass is 9.65. The van der Waals surface area contributed by atoms with Crippen LogP contribution in [0.25, 0.3) is 0 Å². The number of nitrogens with zero attached hydrogens (tertiary/aromatic N) is 3. The Morgan fingerprint density at radius 1 is 1.13 bits per heavy atom. The van der Waals surface area contributed by atoms with Crippen LogP contribution in [-0.4, -0.2) is 67.6 Å². The van der Waals surface area contributed by atoms with Gasteiger partial charge in [0.25, 0.3) is 0 Å². The fraction of sp³-hybridized carbons (Fsp3) is 0.528. The van der Waals surface area contributed by atoms with Gasteiger partial charge in [0.05, 0.1) is 29.2 Å². The minimum Gasteiger partial charge on any atom is -0.490 e. The van der Waals surface area contributed by atoms with Crippen LogP contribution in [0.3, 0.4) is 0 Å². The molecule has 7 rings (SSSR count). The topological polar surface area (TPSA) is 119 Å². The average Bonchev–Trinajstić information content (AvgIpc) is 3.22. The maximum absolute atomic E-state index is 13.5. The third-order valence-electron chi connectivity index (χ3n) is 11.3. The van der Waals surface area contributed by atoms with E-state index < -0.39 is 21.1 Å². The van der Waals surface area contributed by atoms with Gasteiger partial charge in [-0.3, -0.25) is 0 Å². The largest absolute Gasteiger partial charge is 0.490 e. The number of carbonyl (C=O) groups is 1. The predicted octanol–water partition coefficient (Wildman–Crippen LogP) is 6.38. The molecular weight excluding hydrogens is 638 g/mol. The van der Waals surface area contributed by atoms with Gasteiger partial charge in [-0.1, -0.05) is 24.1 Å².